The van der Waals surface area contributed by atoms with Gasteiger partial charge in [-0.1, -0.05) is 17.3 Å². The van der Waals surface area contributed by atoms with E-state index in [9.17, 15) is 4.79 Å². The van der Waals surface area contributed by atoms with Crippen LogP contribution in [0.1, 0.15) is 28.0 Å². The molecule has 1 aromatic carbocycles. The Bertz CT molecular complexity index is 821. The number of hydrogen-bond acceptors (Lipinski definition) is 4. The van der Waals surface area contributed by atoms with Crippen LogP contribution in [-0.4, -0.2) is 11.1 Å². The van der Waals surface area contributed by atoms with Gasteiger partial charge in [0, 0.05) is 11.8 Å². The predicted octanol–water partition coefficient (Wildman–Crippen LogP) is 4.14. The van der Waals surface area contributed by atoms with Crippen LogP contribution in [0.2, 0.25) is 0 Å². The topological polar surface area (TPSA) is 55.1 Å². The smallest absolute Gasteiger partial charge is 0.277 e. The number of hydrogen-bond donors (Lipinski definition) is 1. The summed E-state index contributed by atoms with van der Waals surface area (Å²) in [5.41, 5.74) is 3.83. The number of fused-ring (bicyclic) bond motifs is 1. The molecule has 1 aliphatic carbocycles. The van der Waals surface area contributed by atoms with Crippen molar-refractivity contribution in [2.24, 2.45) is 0 Å². The number of anilines is 1. The molecule has 22 heavy (non-hydrogen) atoms. The molecular weight excluding hydrogens is 296 g/mol. The molecule has 110 valence electrons. The Balaban J connectivity index is 1.53. The monoisotopic (exact) mass is 310 g/mol. The predicted molar refractivity (Wildman–Crippen MR) is 86.2 cm³/mol. The van der Waals surface area contributed by atoms with E-state index < -0.39 is 0 Å². The highest BCUT2D eigenvalue weighted by molar-refractivity contribution is 7.13. The molecule has 0 spiro atoms. The van der Waals surface area contributed by atoms with E-state index in [1.54, 1.807) is 17.4 Å². The average Bonchev–Trinajstić information content (AvgIpc) is 3.26. The third-order valence-corrected chi connectivity index (χ3v) is 4.75. The van der Waals surface area contributed by atoms with Gasteiger partial charge < -0.3 is 9.84 Å². The first-order valence-corrected chi connectivity index (χ1v) is 8.11. The van der Waals surface area contributed by atoms with Crippen LogP contribution < -0.4 is 5.32 Å². The van der Waals surface area contributed by atoms with Crippen LogP contribution in [0.15, 0.2) is 46.3 Å². The van der Waals surface area contributed by atoms with Crippen LogP contribution in [-0.2, 0) is 12.8 Å². The largest absolute Gasteiger partial charge is 0.355 e. The molecule has 0 fully saturated rings. The van der Waals surface area contributed by atoms with Crippen molar-refractivity contribution < 1.29 is 9.32 Å². The number of benzene rings is 1. The zero-order chi connectivity index (χ0) is 14.9. The Morgan fingerprint density at radius 1 is 1.18 bits per heavy atom. The van der Waals surface area contributed by atoms with Crippen molar-refractivity contribution in [2.45, 2.75) is 19.3 Å². The summed E-state index contributed by atoms with van der Waals surface area (Å²) in [7, 11) is 0. The number of nitrogens with zero attached hydrogens (tertiary/aromatic N) is 1. The molecule has 2 heterocycles. The van der Waals surface area contributed by atoms with Gasteiger partial charge in [0.1, 0.15) is 0 Å². The first kappa shape index (κ1) is 13.3. The maximum Gasteiger partial charge on any atom is 0.277 e. The quantitative estimate of drug-likeness (QED) is 0.791. The molecule has 3 aromatic rings. The fourth-order valence-electron chi connectivity index (χ4n) is 2.76. The highest BCUT2D eigenvalue weighted by Crippen LogP contribution is 2.27. The fourth-order valence-corrected chi connectivity index (χ4v) is 3.44. The maximum absolute atomic E-state index is 12.3. The second-order valence-electron chi connectivity index (χ2n) is 5.34. The van der Waals surface area contributed by atoms with Gasteiger partial charge in [-0.3, -0.25) is 4.79 Å². The molecule has 0 bridgehead atoms. The van der Waals surface area contributed by atoms with E-state index in [-0.39, 0.29) is 5.91 Å². The summed E-state index contributed by atoms with van der Waals surface area (Å²) in [5.74, 6) is 0.374. The van der Waals surface area contributed by atoms with E-state index in [2.05, 4.69) is 22.6 Å². The number of nitrogens with one attached hydrogen (secondary N) is 1. The number of carbonyl (C=O) groups excluding carboxylic acids is 1. The Hall–Kier alpha value is -2.40. The Morgan fingerprint density at radius 3 is 2.95 bits per heavy atom. The number of aromatic nitrogens is 1. The van der Waals surface area contributed by atoms with E-state index in [4.69, 9.17) is 4.52 Å². The standard InChI is InChI=1S/C17H14N2O2S/c20-17(14-10-15(21-19-14)16-5-2-8-22-16)18-13-7-6-11-3-1-4-12(11)9-13/h2,5-10H,1,3-4H2,(H,18,20). The molecule has 4 rings (SSSR count). The number of amides is 1. The van der Waals surface area contributed by atoms with Crippen LogP contribution in [0.5, 0.6) is 0 Å². The maximum atomic E-state index is 12.3. The van der Waals surface area contributed by atoms with Crippen molar-refractivity contribution in [3.8, 4) is 10.6 Å². The molecule has 0 saturated carbocycles. The van der Waals surface area contributed by atoms with Crippen LogP contribution in [0.4, 0.5) is 5.69 Å². The molecule has 1 aliphatic rings. The van der Waals surface area contributed by atoms with Gasteiger partial charge in [-0.25, -0.2) is 0 Å². The summed E-state index contributed by atoms with van der Waals surface area (Å²) in [6.45, 7) is 0. The molecule has 4 nitrogen and oxygen atoms in total. The van der Waals surface area contributed by atoms with Crippen LogP contribution in [0.3, 0.4) is 0 Å². The van der Waals surface area contributed by atoms with Crippen molar-refractivity contribution in [1.82, 2.24) is 5.16 Å². The minimum atomic E-state index is -0.246. The minimum absolute atomic E-state index is 0.246. The van der Waals surface area contributed by atoms with Gasteiger partial charge in [-0.15, -0.1) is 11.3 Å². The molecule has 1 N–H and O–H groups in total. The highest BCUT2D eigenvalue weighted by Gasteiger charge is 2.16. The molecule has 2 aromatic heterocycles. The van der Waals surface area contributed by atoms with Crippen LogP contribution in [0, 0.1) is 0 Å². The Morgan fingerprint density at radius 2 is 2.09 bits per heavy atom. The molecular formula is C17H14N2O2S. The lowest BCUT2D eigenvalue weighted by molar-refractivity contribution is 0.101. The normalized spacial score (nSPS) is 13.1. The summed E-state index contributed by atoms with van der Waals surface area (Å²) in [4.78, 5) is 13.2. The van der Waals surface area contributed by atoms with Gasteiger partial charge in [0.25, 0.3) is 5.91 Å². The molecule has 0 aliphatic heterocycles. The van der Waals surface area contributed by atoms with Gasteiger partial charge in [0.2, 0.25) is 0 Å². The van der Waals surface area contributed by atoms with Crippen LogP contribution in [0.25, 0.3) is 10.6 Å². The number of thiophene rings is 1. The zero-order valence-electron chi connectivity index (χ0n) is 11.8. The highest BCUT2D eigenvalue weighted by atomic mass is 32.1. The Labute approximate surface area is 131 Å². The van der Waals surface area contributed by atoms with E-state index in [0.29, 0.717) is 11.5 Å². The average molecular weight is 310 g/mol. The molecule has 1 amide bonds. The molecule has 0 atom stereocenters. The van der Waals surface area contributed by atoms with Gasteiger partial charge in [0.05, 0.1) is 4.88 Å². The summed E-state index contributed by atoms with van der Waals surface area (Å²) >= 11 is 1.55. The third kappa shape index (κ3) is 2.44. The first-order valence-electron chi connectivity index (χ1n) is 7.23. The number of carbonyl (C=O) groups is 1. The van der Waals surface area contributed by atoms with E-state index >= 15 is 0 Å². The summed E-state index contributed by atoms with van der Waals surface area (Å²) in [5, 5.41) is 8.71. The third-order valence-electron chi connectivity index (χ3n) is 3.86. The Kier molecular flexibility index (Phi) is 3.27. The second kappa shape index (κ2) is 5.42. The van der Waals surface area contributed by atoms with Gasteiger partial charge in [0.15, 0.2) is 11.5 Å². The SMILES string of the molecule is O=C(Nc1ccc2c(c1)CCC2)c1cc(-c2cccs2)on1. The molecule has 0 unspecified atom stereocenters. The van der Waals surface area contributed by atoms with E-state index in [0.717, 1.165) is 23.4 Å². The number of rotatable bonds is 3. The van der Waals surface area contributed by atoms with E-state index in [1.807, 2.05) is 23.6 Å². The lowest BCUT2D eigenvalue weighted by atomic mass is 10.1. The van der Waals surface area contributed by atoms with Crippen molar-refractivity contribution in [1.29, 1.82) is 0 Å². The summed E-state index contributed by atoms with van der Waals surface area (Å²) in [6.07, 6.45) is 3.42. The van der Waals surface area contributed by atoms with Gasteiger partial charge in [-0.05, 0) is 54.0 Å². The molecule has 5 heteroatoms. The summed E-state index contributed by atoms with van der Waals surface area (Å²) in [6, 6.07) is 11.6. The van der Waals surface area contributed by atoms with E-state index in [1.165, 1.54) is 17.5 Å². The van der Waals surface area contributed by atoms with Gasteiger partial charge in [-0.2, -0.15) is 0 Å². The number of aryl methyl sites for hydroxylation is 2. The second-order valence-corrected chi connectivity index (χ2v) is 6.29. The van der Waals surface area contributed by atoms with Crippen LogP contribution >= 0.6 is 11.3 Å². The lowest BCUT2D eigenvalue weighted by Crippen LogP contribution is -2.12. The van der Waals surface area contributed by atoms with Crippen molar-refractivity contribution in [3.05, 3.63) is 58.6 Å². The van der Waals surface area contributed by atoms with Crippen molar-refractivity contribution >= 4 is 22.9 Å². The molecule has 0 saturated heterocycles. The molecule has 0 radical (unpaired) electrons. The fraction of sp³-hybridized carbons (Fsp3) is 0.176. The summed E-state index contributed by atoms with van der Waals surface area (Å²) < 4.78 is 5.24. The first-order chi connectivity index (χ1) is 10.8. The van der Waals surface area contributed by atoms with Crippen molar-refractivity contribution in [2.75, 3.05) is 5.32 Å². The minimum Gasteiger partial charge on any atom is -0.355 e. The van der Waals surface area contributed by atoms with Gasteiger partial charge >= 0.3 is 0 Å². The zero-order valence-corrected chi connectivity index (χ0v) is 12.7. The lowest BCUT2D eigenvalue weighted by Gasteiger charge is -2.05. The van der Waals surface area contributed by atoms with Crippen molar-refractivity contribution in [3.63, 3.8) is 0 Å².